The number of nitrogens with one attached hydrogen (secondary N) is 1. The first-order chi connectivity index (χ1) is 9.47. The lowest BCUT2D eigenvalue weighted by Crippen LogP contribution is -2.25. The number of amides is 1. The Balaban J connectivity index is 2.06. The van der Waals surface area contributed by atoms with Crippen LogP contribution in [0.3, 0.4) is 0 Å². The van der Waals surface area contributed by atoms with Crippen LogP contribution in [0.25, 0.3) is 0 Å². The van der Waals surface area contributed by atoms with E-state index in [1.54, 1.807) is 12.1 Å². The molecule has 2 aromatic rings. The van der Waals surface area contributed by atoms with Crippen molar-refractivity contribution in [3.63, 3.8) is 0 Å². The number of carbonyl (C=O) groups excluding carboxylic acids is 2. The van der Waals surface area contributed by atoms with Crippen molar-refractivity contribution in [1.82, 2.24) is 5.32 Å². The summed E-state index contributed by atoms with van der Waals surface area (Å²) in [6.45, 7) is 3.43. The SMILES string of the molecule is CC(=O)c1ccc(C(=O)N[C@H](C)c2ccc(Br)cc2)s1. The summed E-state index contributed by atoms with van der Waals surface area (Å²) >= 11 is 4.60. The van der Waals surface area contributed by atoms with Gasteiger partial charge in [-0.1, -0.05) is 28.1 Å². The van der Waals surface area contributed by atoms with Gasteiger partial charge >= 0.3 is 0 Å². The van der Waals surface area contributed by atoms with E-state index in [-0.39, 0.29) is 17.7 Å². The van der Waals surface area contributed by atoms with Crippen molar-refractivity contribution < 1.29 is 9.59 Å². The Morgan fingerprint density at radius 2 is 1.70 bits per heavy atom. The maximum atomic E-state index is 12.1. The van der Waals surface area contributed by atoms with Gasteiger partial charge in [-0.3, -0.25) is 9.59 Å². The van der Waals surface area contributed by atoms with Crippen molar-refractivity contribution in [3.8, 4) is 0 Å². The predicted octanol–water partition coefficient (Wildman–Crippen LogP) is 4.20. The Kier molecular flexibility index (Phi) is 4.73. The van der Waals surface area contributed by atoms with Crippen molar-refractivity contribution in [3.05, 3.63) is 56.2 Å². The van der Waals surface area contributed by atoms with E-state index < -0.39 is 0 Å². The standard InChI is InChI=1S/C15H14BrNO2S/c1-9(11-3-5-12(16)6-4-11)17-15(19)14-8-7-13(20-14)10(2)18/h3-9H,1-2H3,(H,17,19)/t9-/m1/s1. The first-order valence-electron chi connectivity index (χ1n) is 6.14. The summed E-state index contributed by atoms with van der Waals surface area (Å²) < 4.78 is 1.00. The molecule has 1 amide bonds. The molecule has 5 heteroatoms. The number of halogens is 1. The summed E-state index contributed by atoms with van der Waals surface area (Å²) in [4.78, 5) is 24.5. The van der Waals surface area contributed by atoms with E-state index in [4.69, 9.17) is 0 Å². The Morgan fingerprint density at radius 1 is 1.10 bits per heavy atom. The zero-order chi connectivity index (χ0) is 14.7. The minimum atomic E-state index is -0.155. The average Bonchev–Trinajstić information content (AvgIpc) is 2.89. The molecule has 0 saturated carbocycles. The summed E-state index contributed by atoms with van der Waals surface area (Å²) in [5, 5.41) is 2.93. The van der Waals surface area contributed by atoms with E-state index in [9.17, 15) is 9.59 Å². The molecule has 1 N–H and O–H groups in total. The minimum absolute atomic E-state index is 0.0185. The zero-order valence-corrected chi connectivity index (χ0v) is 13.5. The molecule has 0 radical (unpaired) electrons. The summed E-state index contributed by atoms with van der Waals surface area (Å²) in [6.07, 6.45) is 0. The van der Waals surface area contributed by atoms with Gasteiger partial charge in [0.05, 0.1) is 15.8 Å². The van der Waals surface area contributed by atoms with Gasteiger partial charge in [-0.2, -0.15) is 0 Å². The number of benzene rings is 1. The lowest BCUT2D eigenvalue weighted by Gasteiger charge is -2.13. The fourth-order valence-electron chi connectivity index (χ4n) is 1.75. The van der Waals surface area contributed by atoms with Crippen LogP contribution in [0.5, 0.6) is 0 Å². The molecule has 1 aromatic carbocycles. The van der Waals surface area contributed by atoms with Crippen LogP contribution in [0, 0.1) is 0 Å². The van der Waals surface area contributed by atoms with Gasteiger partial charge in [-0.25, -0.2) is 0 Å². The van der Waals surface area contributed by atoms with Crippen LogP contribution >= 0.6 is 27.3 Å². The summed E-state index contributed by atoms with van der Waals surface area (Å²) in [7, 11) is 0. The third-order valence-electron chi connectivity index (χ3n) is 2.89. The van der Waals surface area contributed by atoms with Crippen LogP contribution in [0.2, 0.25) is 0 Å². The van der Waals surface area contributed by atoms with Crippen LogP contribution in [-0.2, 0) is 0 Å². The predicted molar refractivity (Wildman–Crippen MR) is 84.3 cm³/mol. The number of Topliss-reactive ketones (excluding diaryl/α,β-unsaturated/α-hetero) is 1. The normalized spacial score (nSPS) is 11.9. The van der Waals surface area contributed by atoms with Crippen molar-refractivity contribution in [2.24, 2.45) is 0 Å². The Morgan fingerprint density at radius 3 is 2.25 bits per heavy atom. The Labute approximate surface area is 130 Å². The third-order valence-corrected chi connectivity index (χ3v) is 4.61. The fourth-order valence-corrected chi connectivity index (χ4v) is 2.82. The second kappa shape index (κ2) is 6.33. The summed E-state index contributed by atoms with van der Waals surface area (Å²) in [5.74, 6) is -0.173. The van der Waals surface area contributed by atoms with Gasteiger partial charge < -0.3 is 5.32 Å². The molecule has 1 atom stereocenters. The highest BCUT2D eigenvalue weighted by molar-refractivity contribution is 9.10. The largest absolute Gasteiger partial charge is 0.345 e. The van der Waals surface area contributed by atoms with Gasteiger partial charge in [0.1, 0.15) is 0 Å². The number of ketones is 1. The number of hydrogen-bond acceptors (Lipinski definition) is 3. The topological polar surface area (TPSA) is 46.2 Å². The van der Waals surface area contributed by atoms with Crippen LogP contribution in [0.4, 0.5) is 0 Å². The smallest absolute Gasteiger partial charge is 0.261 e. The van der Waals surface area contributed by atoms with E-state index in [1.165, 1.54) is 18.3 Å². The zero-order valence-electron chi connectivity index (χ0n) is 11.1. The summed E-state index contributed by atoms with van der Waals surface area (Å²) in [5.41, 5.74) is 1.03. The number of hydrogen-bond donors (Lipinski definition) is 1. The Hall–Kier alpha value is -1.46. The Bertz CT molecular complexity index is 634. The molecule has 0 saturated heterocycles. The van der Waals surface area contributed by atoms with Crippen LogP contribution in [0.1, 0.15) is 44.8 Å². The molecule has 0 aliphatic rings. The summed E-state index contributed by atoms with van der Waals surface area (Å²) in [6, 6.07) is 11.1. The molecule has 2 rings (SSSR count). The van der Waals surface area contributed by atoms with Crippen LogP contribution in [0.15, 0.2) is 40.9 Å². The molecule has 3 nitrogen and oxygen atoms in total. The molecule has 0 aliphatic carbocycles. The first kappa shape index (κ1) is 14.9. The highest BCUT2D eigenvalue weighted by Gasteiger charge is 2.14. The minimum Gasteiger partial charge on any atom is -0.345 e. The number of thiophene rings is 1. The maximum absolute atomic E-state index is 12.1. The molecule has 0 aliphatic heterocycles. The van der Waals surface area contributed by atoms with Crippen LogP contribution < -0.4 is 5.32 Å². The molecule has 0 bridgehead atoms. The van der Waals surface area contributed by atoms with Crippen molar-refractivity contribution in [2.45, 2.75) is 19.9 Å². The average molecular weight is 352 g/mol. The molecule has 20 heavy (non-hydrogen) atoms. The van der Waals surface area contributed by atoms with Gasteiger partial charge in [-0.05, 0) is 43.7 Å². The highest BCUT2D eigenvalue weighted by Crippen LogP contribution is 2.20. The lowest BCUT2D eigenvalue weighted by molar-refractivity contribution is 0.0943. The van der Waals surface area contributed by atoms with Gasteiger partial charge in [0.25, 0.3) is 5.91 Å². The van der Waals surface area contributed by atoms with Gasteiger partial charge in [0.15, 0.2) is 5.78 Å². The van der Waals surface area contributed by atoms with Gasteiger partial charge in [-0.15, -0.1) is 11.3 Å². The monoisotopic (exact) mass is 351 g/mol. The molecule has 0 fully saturated rings. The van der Waals surface area contributed by atoms with Crippen molar-refractivity contribution >= 4 is 39.0 Å². The molecule has 0 unspecified atom stereocenters. The molecular weight excluding hydrogens is 338 g/mol. The number of rotatable bonds is 4. The van der Waals surface area contributed by atoms with E-state index in [0.717, 1.165) is 10.0 Å². The highest BCUT2D eigenvalue weighted by atomic mass is 79.9. The van der Waals surface area contributed by atoms with Crippen LogP contribution in [-0.4, -0.2) is 11.7 Å². The van der Waals surface area contributed by atoms with E-state index in [0.29, 0.717) is 9.75 Å². The van der Waals surface area contributed by atoms with Crippen molar-refractivity contribution in [2.75, 3.05) is 0 Å². The molecular formula is C15H14BrNO2S. The van der Waals surface area contributed by atoms with Crippen molar-refractivity contribution in [1.29, 1.82) is 0 Å². The quantitative estimate of drug-likeness (QED) is 0.838. The second-order valence-corrected chi connectivity index (χ2v) is 6.47. The fraction of sp³-hybridized carbons (Fsp3) is 0.200. The third kappa shape index (κ3) is 3.55. The van der Waals surface area contributed by atoms with E-state index in [2.05, 4.69) is 21.2 Å². The maximum Gasteiger partial charge on any atom is 0.261 e. The number of carbonyl (C=O) groups is 2. The molecule has 0 spiro atoms. The van der Waals surface area contributed by atoms with Gasteiger partial charge in [0, 0.05) is 4.47 Å². The molecule has 1 aromatic heterocycles. The van der Waals surface area contributed by atoms with E-state index in [1.807, 2.05) is 31.2 Å². The second-order valence-electron chi connectivity index (χ2n) is 4.47. The van der Waals surface area contributed by atoms with E-state index >= 15 is 0 Å². The molecule has 1 heterocycles. The lowest BCUT2D eigenvalue weighted by atomic mass is 10.1. The first-order valence-corrected chi connectivity index (χ1v) is 7.75. The van der Waals surface area contributed by atoms with Gasteiger partial charge in [0.2, 0.25) is 0 Å². The molecule has 104 valence electrons.